The van der Waals surface area contributed by atoms with Crippen LogP contribution >= 0.6 is 0 Å². The van der Waals surface area contributed by atoms with Crippen LogP contribution in [0.5, 0.6) is 0 Å². The van der Waals surface area contributed by atoms with Gasteiger partial charge in [0.2, 0.25) is 0 Å². The Kier molecular flexibility index (Phi) is 5.91. The monoisotopic (exact) mass is 463 g/mol. The van der Waals surface area contributed by atoms with Crippen LogP contribution < -0.4 is 0 Å². The Bertz CT molecular complexity index is 1350. The minimum Gasteiger partial charge on any atom is -0.466 e. The lowest BCUT2D eigenvalue weighted by Gasteiger charge is -2.26. The molecule has 1 atom stereocenters. The van der Waals surface area contributed by atoms with E-state index in [1.165, 1.54) is 12.1 Å². The summed E-state index contributed by atoms with van der Waals surface area (Å²) in [5.41, 5.74) is 3.38. The summed E-state index contributed by atoms with van der Waals surface area (Å²) in [5, 5.41) is 4.63. The molecule has 0 aliphatic carbocycles. The number of aromatic nitrogens is 2. The molecule has 1 aliphatic heterocycles. The minimum atomic E-state index is -0.337. The normalized spacial score (nSPS) is 15.8. The van der Waals surface area contributed by atoms with Gasteiger partial charge >= 0.3 is 0 Å². The molecule has 4 heterocycles. The van der Waals surface area contributed by atoms with Gasteiger partial charge in [0, 0.05) is 25.3 Å². The molecule has 1 unspecified atom stereocenters. The Balaban J connectivity index is 1.59. The number of fused-ring (bicyclic) bond motifs is 1. The van der Waals surface area contributed by atoms with Crippen LogP contribution in [-0.2, 0) is 11.3 Å². The van der Waals surface area contributed by atoms with E-state index in [0.717, 1.165) is 24.2 Å². The highest BCUT2D eigenvalue weighted by atomic mass is 19.1. The van der Waals surface area contributed by atoms with E-state index in [9.17, 15) is 9.18 Å². The van der Waals surface area contributed by atoms with Crippen molar-refractivity contribution >= 4 is 17.0 Å². The minimum absolute atomic E-state index is 0.0587. The van der Waals surface area contributed by atoms with E-state index in [1.807, 2.05) is 26.0 Å². The van der Waals surface area contributed by atoms with Crippen LogP contribution in [0.4, 0.5) is 4.39 Å². The van der Waals surface area contributed by atoms with Gasteiger partial charge in [-0.25, -0.2) is 9.37 Å². The predicted molar refractivity (Wildman–Crippen MR) is 124 cm³/mol. The summed E-state index contributed by atoms with van der Waals surface area (Å²) >= 11 is 0. The third-order valence-corrected chi connectivity index (χ3v) is 6.16. The number of hydrogen-bond acceptors (Lipinski definition) is 6. The van der Waals surface area contributed by atoms with Gasteiger partial charge in [-0.15, -0.1) is 0 Å². The average molecular weight is 464 g/mol. The molecule has 0 saturated carbocycles. The number of carbonyl (C=O) groups is 1. The van der Waals surface area contributed by atoms with Gasteiger partial charge < -0.3 is 18.6 Å². The highest BCUT2D eigenvalue weighted by Gasteiger charge is 2.28. The molecule has 1 aromatic carbocycles. The molecule has 176 valence electrons. The van der Waals surface area contributed by atoms with Gasteiger partial charge in [-0.3, -0.25) is 4.79 Å². The van der Waals surface area contributed by atoms with Crippen LogP contribution in [0.1, 0.15) is 46.0 Å². The molecule has 0 radical (unpaired) electrons. The molecule has 34 heavy (non-hydrogen) atoms. The largest absolute Gasteiger partial charge is 0.466 e. The Morgan fingerprint density at radius 1 is 1.21 bits per heavy atom. The lowest BCUT2D eigenvalue weighted by molar-refractivity contribution is 0.0508. The SMILES string of the molecule is Cc1cc(-c2cc(C(=O)N(Cc3cccc(F)c3)CC3CCCO3)c3c(C)noc3n2)c(C)o1. The van der Waals surface area contributed by atoms with Gasteiger partial charge in [0.05, 0.1) is 28.4 Å². The summed E-state index contributed by atoms with van der Waals surface area (Å²) in [5.74, 6) is 0.908. The second kappa shape index (κ2) is 9.02. The molecule has 0 N–H and O–H groups in total. The van der Waals surface area contributed by atoms with Crippen molar-refractivity contribution in [1.82, 2.24) is 15.0 Å². The maximum absolute atomic E-state index is 14.0. The number of pyridine rings is 1. The molecule has 1 aliphatic rings. The first-order valence-electron chi connectivity index (χ1n) is 11.4. The fourth-order valence-electron chi connectivity index (χ4n) is 4.57. The highest BCUT2D eigenvalue weighted by molar-refractivity contribution is 6.07. The summed E-state index contributed by atoms with van der Waals surface area (Å²) in [4.78, 5) is 20.3. The van der Waals surface area contributed by atoms with E-state index >= 15 is 0 Å². The first-order valence-corrected chi connectivity index (χ1v) is 11.4. The average Bonchev–Trinajstić information content (AvgIpc) is 3.53. The zero-order valence-corrected chi connectivity index (χ0v) is 19.4. The van der Waals surface area contributed by atoms with E-state index in [4.69, 9.17) is 13.7 Å². The second-order valence-electron chi connectivity index (χ2n) is 8.78. The lowest BCUT2D eigenvalue weighted by atomic mass is 10.0. The zero-order chi connectivity index (χ0) is 23.8. The van der Waals surface area contributed by atoms with E-state index in [-0.39, 0.29) is 24.4 Å². The van der Waals surface area contributed by atoms with Crippen LogP contribution in [0.15, 0.2) is 45.3 Å². The summed E-state index contributed by atoms with van der Waals surface area (Å²) in [7, 11) is 0. The van der Waals surface area contributed by atoms with E-state index < -0.39 is 0 Å². The molecule has 4 aromatic rings. The van der Waals surface area contributed by atoms with Crippen molar-refractivity contribution in [2.75, 3.05) is 13.2 Å². The van der Waals surface area contributed by atoms with Crippen LogP contribution in [-0.4, -0.2) is 40.2 Å². The zero-order valence-electron chi connectivity index (χ0n) is 19.4. The molecule has 0 bridgehead atoms. The first kappa shape index (κ1) is 22.3. The van der Waals surface area contributed by atoms with Crippen LogP contribution in [0.2, 0.25) is 0 Å². The van der Waals surface area contributed by atoms with Gasteiger partial charge in [-0.05, 0) is 63.4 Å². The number of hydrogen-bond donors (Lipinski definition) is 0. The Hall–Kier alpha value is -3.52. The summed E-state index contributed by atoms with van der Waals surface area (Å²) in [6, 6.07) is 9.96. The van der Waals surface area contributed by atoms with E-state index in [1.54, 1.807) is 24.0 Å². The molecule has 0 spiro atoms. The number of rotatable bonds is 6. The highest BCUT2D eigenvalue weighted by Crippen LogP contribution is 2.31. The fraction of sp³-hybridized carbons (Fsp3) is 0.346. The number of halogens is 1. The van der Waals surface area contributed by atoms with Crippen molar-refractivity contribution in [3.05, 3.63) is 70.6 Å². The van der Waals surface area contributed by atoms with Crippen LogP contribution in [0.3, 0.4) is 0 Å². The standard InChI is InChI=1S/C26H26FN3O4/c1-15-10-21(17(3)33-15)23-12-22(24-16(2)29-34-25(24)28-23)26(31)30(14-20-8-5-9-32-20)13-18-6-4-7-19(27)11-18/h4,6-7,10-12,20H,5,8-9,13-14H2,1-3H3. The lowest BCUT2D eigenvalue weighted by Crippen LogP contribution is -2.37. The topological polar surface area (TPSA) is 81.6 Å². The summed E-state index contributed by atoms with van der Waals surface area (Å²) < 4.78 is 30.8. The van der Waals surface area contributed by atoms with Gasteiger partial charge in [-0.2, -0.15) is 0 Å². The molecule has 1 amide bonds. The number of carbonyl (C=O) groups excluding carboxylic acids is 1. The van der Waals surface area contributed by atoms with Crippen molar-refractivity contribution in [1.29, 1.82) is 0 Å². The Morgan fingerprint density at radius 2 is 2.06 bits per heavy atom. The maximum atomic E-state index is 14.0. The molecule has 5 rings (SSSR count). The quantitative estimate of drug-likeness (QED) is 0.382. The molecule has 1 fully saturated rings. The first-order chi connectivity index (χ1) is 16.4. The van der Waals surface area contributed by atoms with E-state index in [0.29, 0.717) is 52.5 Å². The maximum Gasteiger partial charge on any atom is 0.259 e. The third kappa shape index (κ3) is 4.33. The number of aryl methyl sites for hydroxylation is 3. The van der Waals surface area contributed by atoms with Crippen molar-refractivity contribution in [2.24, 2.45) is 0 Å². The van der Waals surface area contributed by atoms with Crippen molar-refractivity contribution < 1.29 is 22.9 Å². The Morgan fingerprint density at radius 3 is 2.76 bits per heavy atom. The van der Waals surface area contributed by atoms with Crippen LogP contribution in [0, 0.1) is 26.6 Å². The Labute approximate surface area is 196 Å². The molecular weight excluding hydrogens is 437 g/mol. The summed E-state index contributed by atoms with van der Waals surface area (Å²) in [6.45, 7) is 6.85. The number of amides is 1. The number of benzene rings is 1. The van der Waals surface area contributed by atoms with Gasteiger partial charge in [0.1, 0.15) is 17.3 Å². The van der Waals surface area contributed by atoms with Gasteiger partial charge in [0.25, 0.3) is 11.6 Å². The van der Waals surface area contributed by atoms with Crippen molar-refractivity contribution in [3.8, 4) is 11.3 Å². The fourth-order valence-corrected chi connectivity index (χ4v) is 4.57. The molecule has 1 saturated heterocycles. The van der Waals surface area contributed by atoms with Gasteiger partial charge in [0.15, 0.2) is 0 Å². The summed E-state index contributed by atoms with van der Waals surface area (Å²) in [6.07, 6.45) is 1.78. The van der Waals surface area contributed by atoms with Crippen molar-refractivity contribution in [3.63, 3.8) is 0 Å². The molecule has 8 heteroatoms. The predicted octanol–water partition coefficient (Wildman–Crippen LogP) is 5.37. The molecular formula is C26H26FN3O4. The smallest absolute Gasteiger partial charge is 0.259 e. The van der Waals surface area contributed by atoms with E-state index in [2.05, 4.69) is 10.1 Å². The van der Waals surface area contributed by atoms with Gasteiger partial charge in [-0.1, -0.05) is 17.3 Å². The number of nitrogens with zero attached hydrogens (tertiary/aromatic N) is 3. The third-order valence-electron chi connectivity index (χ3n) is 6.16. The molecule has 7 nitrogen and oxygen atoms in total. The molecule has 3 aromatic heterocycles. The number of ether oxygens (including phenoxy) is 1. The number of furan rings is 1. The van der Waals surface area contributed by atoms with Crippen LogP contribution in [0.25, 0.3) is 22.4 Å². The van der Waals surface area contributed by atoms with Crippen molar-refractivity contribution in [2.45, 2.75) is 46.3 Å². The second-order valence-corrected chi connectivity index (χ2v) is 8.78.